The van der Waals surface area contributed by atoms with Crippen molar-refractivity contribution in [2.45, 2.75) is 0 Å². The van der Waals surface area contributed by atoms with Crippen molar-refractivity contribution >= 4 is 18.1 Å². The van der Waals surface area contributed by atoms with Gasteiger partial charge in [0.25, 0.3) is 5.91 Å². The number of hydrogen-bond acceptors (Lipinski definition) is 6. The molecule has 1 fully saturated rings. The van der Waals surface area contributed by atoms with Crippen molar-refractivity contribution in [2.24, 2.45) is 0 Å². The Kier molecular flexibility index (Phi) is 5.65. The van der Waals surface area contributed by atoms with E-state index in [9.17, 15) is 9.59 Å². The Morgan fingerprint density at radius 1 is 1.32 bits per heavy atom. The summed E-state index contributed by atoms with van der Waals surface area (Å²) in [4.78, 5) is 36.8. The molecule has 1 aliphatic heterocycles. The zero-order valence-electron chi connectivity index (χ0n) is 13.0. The van der Waals surface area contributed by atoms with Crippen LogP contribution in [0.25, 0.3) is 0 Å². The van der Waals surface area contributed by atoms with Gasteiger partial charge in [0, 0.05) is 45.3 Å². The van der Waals surface area contributed by atoms with Gasteiger partial charge in [0.05, 0.1) is 0 Å². The predicted octanol–water partition coefficient (Wildman–Crippen LogP) is -0.954. The molecule has 2 heterocycles. The van der Waals surface area contributed by atoms with E-state index in [2.05, 4.69) is 20.2 Å². The summed E-state index contributed by atoms with van der Waals surface area (Å²) in [6, 6.07) is 1.70. The Bertz CT molecular complexity index is 514. The molecule has 1 saturated heterocycles. The smallest absolute Gasteiger partial charge is 0.270 e. The average Bonchev–Trinajstić information content (AvgIpc) is 2.54. The molecule has 0 radical (unpaired) electrons. The van der Waals surface area contributed by atoms with Crippen LogP contribution in [0.2, 0.25) is 0 Å². The van der Waals surface area contributed by atoms with Crippen LogP contribution in [0.5, 0.6) is 0 Å². The van der Waals surface area contributed by atoms with Gasteiger partial charge in [-0.1, -0.05) is 0 Å². The SMILES string of the molecule is CN(C)CCNC(=O)c1cc(N2CCN(C=O)CC2)ncn1. The highest BCUT2D eigenvalue weighted by Crippen LogP contribution is 2.13. The number of anilines is 1. The van der Waals surface area contributed by atoms with Crippen molar-refractivity contribution in [2.75, 3.05) is 58.3 Å². The van der Waals surface area contributed by atoms with E-state index in [4.69, 9.17) is 0 Å². The molecule has 2 rings (SSSR count). The Labute approximate surface area is 130 Å². The third-order valence-electron chi connectivity index (χ3n) is 3.52. The molecule has 0 saturated carbocycles. The highest BCUT2D eigenvalue weighted by molar-refractivity contribution is 5.92. The Morgan fingerprint density at radius 3 is 2.68 bits per heavy atom. The molecule has 8 heteroatoms. The van der Waals surface area contributed by atoms with Crippen LogP contribution in [0.15, 0.2) is 12.4 Å². The first-order valence-electron chi connectivity index (χ1n) is 7.29. The maximum Gasteiger partial charge on any atom is 0.270 e. The summed E-state index contributed by atoms with van der Waals surface area (Å²) in [5, 5.41) is 2.83. The van der Waals surface area contributed by atoms with E-state index in [-0.39, 0.29) is 5.91 Å². The van der Waals surface area contributed by atoms with Gasteiger partial charge in [0.15, 0.2) is 0 Å². The van der Waals surface area contributed by atoms with Gasteiger partial charge in [-0.2, -0.15) is 0 Å². The summed E-state index contributed by atoms with van der Waals surface area (Å²) in [5.41, 5.74) is 0.363. The number of nitrogens with one attached hydrogen (secondary N) is 1. The van der Waals surface area contributed by atoms with Crippen molar-refractivity contribution in [3.8, 4) is 0 Å². The van der Waals surface area contributed by atoms with E-state index in [1.165, 1.54) is 6.33 Å². The first-order chi connectivity index (χ1) is 10.6. The van der Waals surface area contributed by atoms with Crippen LogP contribution >= 0.6 is 0 Å². The predicted molar refractivity (Wildman–Crippen MR) is 82.8 cm³/mol. The van der Waals surface area contributed by atoms with Crippen LogP contribution in [0.1, 0.15) is 10.5 Å². The number of piperazine rings is 1. The molecule has 0 aromatic carbocycles. The quantitative estimate of drug-likeness (QED) is 0.682. The molecular formula is C14H22N6O2. The molecule has 1 N–H and O–H groups in total. The highest BCUT2D eigenvalue weighted by Gasteiger charge is 2.18. The van der Waals surface area contributed by atoms with Crippen LogP contribution in [0, 0.1) is 0 Å². The molecular weight excluding hydrogens is 284 g/mol. The van der Waals surface area contributed by atoms with Crippen molar-refractivity contribution in [1.82, 2.24) is 25.1 Å². The van der Waals surface area contributed by atoms with Crippen molar-refractivity contribution in [3.63, 3.8) is 0 Å². The van der Waals surface area contributed by atoms with Crippen LogP contribution in [0.4, 0.5) is 5.82 Å². The second-order valence-corrected chi connectivity index (χ2v) is 5.45. The highest BCUT2D eigenvalue weighted by atomic mass is 16.2. The number of amides is 2. The summed E-state index contributed by atoms with van der Waals surface area (Å²) < 4.78 is 0. The molecule has 0 aliphatic carbocycles. The van der Waals surface area contributed by atoms with E-state index in [0.29, 0.717) is 38.4 Å². The van der Waals surface area contributed by atoms with Gasteiger partial charge in [0.1, 0.15) is 17.8 Å². The number of rotatable bonds is 6. The Balaban J connectivity index is 1.95. The molecule has 0 bridgehead atoms. The maximum atomic E-state index is 12.1. The number of hydrogen-bond donors (Lipinski definition) is 1. The van der Waals surface area contributed by atoms with Crippen LogP contribution in [-0.4, -0.2) is 85.4 Å². The van der Waals surface area contributed by atoms with Crippen molar-refractivity contribution < 1.29 is 9.59 Å². The second-order valence-electron chi connectivity index (χ2n) is 5.45. The van der Waals surface area contributed by atoms with E-state index < -0.39 is 0 Å². The first kappa shape index (κ1) is 16.2. The molecule has 0 unspecified atom stereocenters. The number of likely N-dealkylation sites (N-methyl/N-ethyl adjacent to an activating group) is 1. The minimum absolute atomic E-state index is 0.197. The molecule has 0 atom stereocenters. The van der Waals surface area contributed by atoms with Crippen LogP contribution < -0.4 is 10.2 Å². The fourth-order valence-electron chi connectivity index (χ4n) is 2.18. The average molecular weight is 306 g/mol. The third kappa shape index (κ3) is 4.39. The van der Waals surface area contributed by atoms with E-state index in [1.54, 1.807) is 11.0 Å². The molecule has 120 valence electrons. The summed E-state index contributed by atoms with van der Waals surface area (Å²) in [7, 11) is 3.90. The summed E-state index contributed by atoms with van der Waals surface area (Å²) in [6.45, 7) is 4.09. The zero-order chi connectivity index (χ0) is 15.9. The Hall–Kier alpha value is -2.22. The van der Waals surface area contributed by atoms with Gasteiger partial charge in [-0.25, -0.2) is 9.97 Å². The van der Waals surface area contributed by atoms with E-state index in [1.807, 2.05) is 19.0 Å². The zero-order valence-corrected chi connectivity index (χ0v) is 13.0. The van der Waals surface area contributed by atoms with Crippen molar-refractivity contribution in [1.29, 1.82) is 0 Å². The number of carbonyl (C=O) groups is 2. The van der Waals surface area contributed by atoms with Crippen LogP contribution in [0.3, 0.4) is 0 Å². The summed E-state index contributed by atoms with van der Waals surface area (Å²) in [6.07, 6.45) is 2.27. The fraction of sp³-hybridized carbons (Fsp3) is 0.571. The Morgan fingerprint density at radius 2 is 2.05 bits per heavy atom. The first-order valence-corrected chi connectivity index (χ1v) is 7.29. The van der Waals surface area contributed by atoms with Gasteiger partial charge in [0.2, 0.25) is 6.41 Å². The van der Waals surface area contributed by atoms with Gasteiger partial charge in [-0.3, -0.25) is 9.59 Å². The third-order valence-corrected chi connectivity index (χ3v) is 3.52. The van der Waals surface area contributed by atoms with E-state index in [0.717, 1.165) is 18.8 Å². The maximum absolute atomic E-state index is 12.1. The lowest BCUT2D eigenvalue weighted by atomic mass is 10.3. The lowest BCUT2D eigenvalue weighted by molar-refractivity contribution is -0.118. The molecule has 22 heavy (non-hydrogen) atoms. The van der Waals surface area contributed by atoms with Crippen molar-refractivity contribution in [3.05, 3.63) is 18.1 Å². The summed E-state index contributed by atoms with van der Waals surface area (Å²) in [5.74, 6) is 0.523. The minimum Gasteiger partial charge on any atom is -0.353 e. The number of carbonyl (C=O) groups excluding carboxylic acids is 2. The molecule has 1 aromatic heterocycles. The standard InChI is InChI=1S/C14H22N6O2/c1-18(2)4-3-15-14(22)12-9-13(17-10-16-12)20-7-5-19(11-21)6-8-20/h9-11H,3-8H2,1-2H3,(H,15,22). The molecule has 2 amide bonds. The monoisotopic (exact) mass is 306 g/mol. The summed E-state index contributed by atoms with van der Waals surface area (Å²) >= 11 is 0. The molecule has 1 aliphatic rings. The van der Waals surface area contributed by atoms with E-state index >= 15 is 0 Å². The largest absolute Gasteiger partial charge is 0.353 e. The second kappa shape index (κ2) is 7.69. The fourth-order valence-corrected chi connectivity index (χ4v) is 2.18. The molecule has 0 spiro atoms. The lowest BCUT2D eigenvalue weighted by Gasteiger charge is -2.33. The van der Waals surface area contributed by atoms with Gasteiger partial charge < -0.3 is 20.0 Å². The number of nitrogens with zero attached hydrogens (tertiary/aromatic N) is 5. The van der Waals surface area contributed by atoms with Gasteiger partial charge in [-0.15, -0.1) is 0 Å². The van der Waals surface area contributed by atoms with Gasteiger partial charge in [-0.05, 0) is 14.1 Å². The number of aromatic nitrogens is 2. The topological polar surface area (TPSA) is 81.7 Å². The lowest BCUT2D eigenvalue weighted by Crippen LogP contribution is -2.46. The normalized spacial score (nSPS) is 15.0. The molecule has 8 nitrogen and oxygen atoms in total. The minimum atomic E-state index is -0.197. The van der Waals surface area contributed by atoms with Gasteiger partial charge >= 0.3 is 0 Å². The molecule has 1 aromatic rings. The van der Waals surface area contributed by atoms with Crippen LogP contribution in [-0.2, 0) is 4.79 Å².